The van der Waals surface area contributed by atoms with Gasteiger partial charge < -0.3 is 10.2 Å². The Balaban J connectivity index is 1.29. The molecule has 1 aliphatic heterocycles. The van der Waals surface area contributed by atoms with Crippen molar-refractivity contribution in [3.63, 3.8) is 0 Å². The Kier molecular flexibility index (Phi) is 6.93. The third-order valence-corrected chi connectivity index (χ3v) is 8.38. The van der Waals surface area contributed by atoms with Crippen molar-refractivity contribution in [2.24, 2.45) is 0 Å². The Bertz CT molecular complexity index is 1550. The van der Waals surface area contributed by atoms with E-state index in [1.807, 2.05) is 6.92 Å². The van der Waals surface area contributed by atoms with Crippen LogP contribution in [-0.2, 0) is 22.6 Å². The molecule has 0 unspecified atom stereocenters. The number of halogens is 3. The van der Waals surface area contributed by atoms with Crippen LogP contribution in [0.5, 0.6) is 0 Å². The summed E-state index contributed by atoms with van der Waals surface area (Å²) in [7, 11) is -3.70. The first-order valence-electron chi connectivity index (χ1n) is 12.0. The molecule has 0 radical (unpaired) electrons. The predicted molar refractivity (Wildman–Crippen MR) is 139 cm³/mol. The Morgan fingerprint density at radius 2 is 1.61 bits per heavy atom. The lowest BCUT2D eigenvalue weighted by Gasteiger charge is -2.35. The topological polar surface area (TPSA) is 91.3 Å². The van der Waals surface area contributed by atoms with Crippen molar-refractivity contribution < 1.29 is 21.6 Å². The maximum absolute atomic E-state index is 13.3. The third-order valence-electron chi connectivity index (χ3n) is 6.47. The lowest BCUT2D eigenvalue weighted by Crippen LogP contribution is -2.49. The van der Waals surface area contributed by atoms with Crippen LogP contribution in [0.25, 0.3) is 10.9 Å². The lowest BCUT2D eigenvalue weighted by molar-refractivity contribution is -0.137. The van der Waals surface area contributed by atoms with Crippen molar-refractivity contribution >= 4 is 38.1 Å². The summed E-state index contributed by atoms with van der Waals surface area (Å²) in [5, 5.41) is 3.67. The molecule has 5 rings (SSSR count). The van der Waals surface area contributed by atoms with E-state index in [4.69, 9.17) is 0 Å². The van der Waals surface area contributed by atoms with Crippen molar-refractivity contribution in [1.82, 2.24) is 19.3 Å². The molecule has 2 aromatic carbocycles. The molecule has 12 heteroatoms. The summed E-state index contributed by atoms with van der Waals surface area (Å²) >= 11 is 0. The molecular formula is C26H25F3N6O2S. The van der Waals surface area contributed by atoms with Crippen LogP contribution in [-0.4, -0.2) is 53.9 Å². The zero-order chi connectivity index (χ0) is 26.9. The molecule has 0 bridgehead atoms. The Morgan fingerprint density at radius 3 is 2.29 bits per heavy atom. The van der Waals surface area contributed by atoms with Gasteiger partial charge in [-0.2, -0.15) is 17.5 Å². The fourth-order valence-corrected chi connectivity index (χ4v) is 5.88. The second kappa shape index (κ2) is 10.2. The lowest BCUT2D eigenvalue weighted by atomic mass is 10.1. The van der Waals surface area contributed by atoms with Gasteiger partial charge in [-0.1, -0.05) is 13.0 Å². The molecule has 1 aliphatic rings. The molecule has 0 aliphatic carbocycles. The number of hydrogen-bond donors (Lipinski definition) is 1. The molecule has 0 atom stereocenters. The molecule has 1 N–H and O–H groups in total. The highest BCUT2D eigenvalue weighted by molar-refractivity contribution is 7.89. The highest BCUT2D eigenvalue weighted by atomic mass is 32.2. The minimum absolute atomic E-state index is 0.166. The Labute approximate surface area is 218 Å². The summed E-state index contributed by atoms with van der Waals surface area (Å²) in [6.45, 7) is 3.68. The monoisotopic (exact) mass is 542 g/mol. The van der Waals surface area contributed by atoms with E-state index in [2.05, 4.69) is 25.2 Å². The number of sulfonamides is 1. The first-order chi connectivity index (χ1) is 18.2. The molecule has 3 heterocycles. The Hall–Kier alpha value is -3.77. The van der Waals surface area contributed by atoms with Gasteiger partial charge in [0.15, 0.2) is 0 Å². The van der Waals surface area contributed by atoms with Crippen LogP contribution in [0.3, 0.4) is 0 Å². The summed E-state index contributed by atoms with van der Waals surface area (Å²) in [4.78, 5) is 15.1. The summed E-state index contributed by atoms with van der Waals surface area (Å²) in [6, 6.07) is 11.3. The maximum atomic E-state index is 13.3. The normalized spacial score (nSPS) is 15.1. The highest BCUT2D eigenvalue weighted by Gasteiger charge is 2.31. The molecule has 198 valence electrons. The number of aromatic nitrogens is 3. The van der Waals surface area contributed by atoms with Gasteiger partial charge in [0.1, 0.15) is 5.82 Å². The van der Waals surface area contributed by atoms with E-state index in [9.17, 15) is 21.6 Å². The van der Waals surface area contributed by atoms with E-state index >= 15 is 0 Å². The number of anilines is 3. The second-order valence-corrected chi connectivity index (χ2v) is 10.7. The number of nitrogens with one attached hydrogen (secondary N) is 1. The minimum Gasteiger partial charge on any atom is -0.355 e. The molecule has 1 fully saturated rings. The smallest absolute Gasteiger partial charge is 0.355 e. The quantitative estimate of drug-likeness (QED) is 0.372. The number of rotatable bonds is 6. The fourth-order valence-electron chi connectivity index (χ4n) is 4.46. The number of piperazine rings is 1. The standard InChI is InChI=1S/C26H25F3N6O2S/c1-2-22-25(32-12-11-31-22)34-13-15-35(16-14-34)38(36,37)20-6-4-19(5-7-20)33-23-9-10-30-24-17-18(26(27,28)29)3-8-21(23)24/h3-12,17H,2,13-16H2,1H3,(H,30,33). The summed E-state index contributed by atoms with van der Waals surface area (Å²) < 4.78 is 67.2. The van der Waals surface area contributed by atoms with Gasteiger partial charge in [-0.15, -0.1) is 0 Å². The van der Waals surface area contributed by atoms with E-state index in [0.29, 0.717) is 42.9 Å². The third kappa shape index (κ3) is 5.14. The van der Waals surface area contributed by atoms with Gasteiger partial charge in [-0.25, -0.2) is 13.4 Å². The SMILES string of the molecule is CCc1nccnc1N1CCN(S(=O)(=O)c2ccc(Nc3ccnc4cc(C(F)(F)F)ccc34)cc2)CC1. The summed E-state index contributed by atoms with van der Waals surface area (Å²) in [5.41, 5.74) is 1.47. The molecule has 0 spiro atoms. The number of aryl methyl sites for hydroxylation is 1. The predicted octanol–water partition coefficient (Wildman–Crippen LogP) is 4.86. The van der Waals surface area contributed by atoms with Gasteiger partial charge in [-0.05, 0) is 48.9 Å². The minimum atomic E-state index is -4.46. The number of fused-ring (bicyclic) bond motifs is 1. The van der Waals surface area contributed by atoms with E-state index in [0.717, 1.165) is 30.1 Å². The van der Waals surface area contributed by atoms with Gasteiger partial charge in [0, 0.05) is 61.5 Å². The second-order valence-electron chi connectivity index (χ2n) is 8.81. The molecule has 4 aromatic rings. The molecule has 0 saturated carbocycles. The Morgan fingerprint density at radius 1 is 0.895 bits per heavy atom. The van der Waals surface area contributed by atoms with Gasteiger partial charge in [-0.3, -0.25) is 9.97 Å². The number of nitrogens with zero attached hydrogens (tertiary/aromatic N) is 5. The zero-order valence-corrected chi connectivity index (χ0v) is 21.3. The van der Waals surface area contributed by atoms with Crippen LogP contribution in [0.15, 0.2) is 72.0 Å². The number of benzene rings is 2. The summed E-state index contributed by atoms with van der Waals surface area (Å²) in [5.74, 6) is 0.792. The van der Waals surface area contributed by atoms with Crippen LogP contribution in [0, 0.1) is 0 Å². The van der Waals surface area contributed by atoms with Gasteiger partial charge in [0.2, 0.25) is 10.0 Å². The average Bonchev–Trinajstić information content (AvgIpc) is 2.93. The molecule has 8 nitrogen and oxygen atoms in total. The first kappa shape index (κ1) is 25.9. The van der Waals surface area contributed by atoms with Crippen molar-refractivity contribution in [2.75, 3.05) is 36.4 Å². The van der Waals surface area contributed by atoms with Gasteiger partial charge in [0.25, 0.3) is 0 Å². The van der Waals surface area contributed by atoms with E-state index < -0.39 is 21.8 Å². The molecule has 0 amide bonds. The molecule has 38 heavy (non-hydrogen) atoms. The zero-order valence-electron chi connectivity index (χ0n) is 20.5. The molecule has 2 aromatic heterocycles. The average molecular weight is 543 g/mol. The summed E-state index contributed by atoms with van der Waals surface area (Å²) in [6.07, 6.45) is 1.01. The number of pyridine rings is 1. The highest BCUT2D eigenvalue weighted by Crippen LogP contribution is 2.33. The van der Waals surface area contributed by atoms with Gasteiger partial charge >= 0.3 is 6.18 Å². The first-order valence-corrected chi connectivity index (χ1v) is 13.5. The van der Waals surface area contributed by atoms with Crippen LogP contribution in [0.2, 0.25) is 0 Å². The van der Waals surface area contributed by atoms with E-state index in [-0.39, 0.29) is 10.4 Å². The van der Waals surface area contributed by atoms with Crippen LogP contribution >= 0.6 is 0 Å². The number of alkyl halides is 3. The van der Waals surface area contributed by atoms with Crippen molar-refractivity contribution in [3.05, 3.63) is 78.4 Å². The van der Waals surface area contributed by atoms with Crippen molar-refractivity contribution in [3.8, 4) is 0 Å². The molecular weight excluding hydrogens is 517 g/mol. The van der Waals surface area contributed by atoms with Crippen LogP contribution in [0.4, 0.5) is 30.4 Å². The van der Waals surface area contributed by atoms with Gasteiger partial charge in [0.05, 0.1) is 21.7 Å². The molecule has 1 saturated heterocycles. The van der Waals surface area contributed by atoms with Crippen molar-refractivity contribution in [1.29, 1.82) is 0 Å². The van der Waals surface area contributed by atoms with E-state index in [1.54, 1.807) is 30.6 Å². The largest absolute Gasteiger partial charge is 0.416 e. The fraction of sp³-hybridized carbons (Fsp3) is 0.269. The van der Waals surface area contributed by atoms with Crippen molar-refractivity contribution in [2.45, 2.75) is 24.4 Å². The van der Waals surface area contributed by atoms with Crippen LogP contribution in [0.1, 0.15) is 18.2 Å². The number of hydrogen-bond acceptors (Lipinski definition) is 7. The maximum Gasteiger partial charge on any atom is 0.416 e. The van der Waals surface area contributed by atoms with E-state index in [1.165, 1.54) is 28.7 Å². The van der Waals surface area contributed by atoms with Crippen LogP contribution < -0.4 is 10.2 Å².